The third kappa shape index (κ3) is 5.04. The molecular weight excluding hydrogens is 422 g/mol. The topological polar surface area (TPSA) is 94.5 Å². The number of esters is 1. The molecule has 33 heavy (non-hydrogen) atoms. The first-order valence-electron chi connectivity index (χ1n) is 10.7. The Hall–Kier alpha value is -3.72. The van der Waals surface area contributed by atoms with Gasteiger partial charge < -0.3 is 14.5 Å². The molecule has 2 atom stereocenters. The molecule has 3 amide bonds. The Bertz CT molecular complexity index is 1000. The van der Waals surface area contributed by atoms with Crippen LogP contribution in [-0.2, 0) is 27.4 Å². The fourth-order valence-electron chi connectivity index (χ4n) is 4.16. The average molecular weight is 450 g/mol. The molecule has 9 heteroatoms. The summed E-state index contributed by atoms with van der Waals surface area (Å²) in [5.41, 5.74) is 2.27. The summed E-state index contributed by atoms with van der Waals surface area (Å²) in [5, 5.41) is 2.34. The number of likely N-dealkylation sites (N-methyl/N-ethyl adjacent to an activating group) is 1. The second-order valence-electron chi connectivity index (χ2n) is 8.13. The van der Waals surface area contributed by atoms with Gasteiger partial charge in [0, 0.05) is 20.1 Å². The molecule has 0 aliphatic carbocycles. The van der Waals surface area contributed by atoms with Gasteiger partial charge in [-0.1, -0.05) is 60.7 Å². The number of ether oxygens (including phenoxy) is 1. The number of nitrogens with one attached hydrogen (secondary N) is 1. The van der Waals surface area contributed by atoms with E-state index in [1.807, 2.05) is 36.4 Å². The summed E-state index contributed by atoms with van der Waals surface area (Å²) in [6.45, 7) is 1.56. The van der Waals surface area contributed by atoms with Crippen LogP contribution in [0.1, 0.15) is 11.1 Å². The molecule has 2 unspecified atom stereocenters. The Balaban J connectivity index is 1.63. The summed E-state index contributed by atoms with van der Waals surface area (Å²) in [7, 11) is 2.90. The van der Waals surface area contributed by atoms with Crippen LogP contribution in [0.25, 0.3) is 0 Å². The van der Waals surface area contributed by atoms with Gasteiger partial charge in [0.2, 0.25) is 0 Å². The fraction of sp³-hybridized carbons (Fsp3) is 0.333. The van der Waals surface area contributed by atoms with Gasteiger partial charge in [-0.05, 0) is 11.1 Å². The molecule has 2 aliphatic rings. The van der Waals surface area contributed by atoms with E-state index in [0.717, 1.165) is 11.1 Å². The number of hydrogen-bond donors (Lipinski definition) is 1. The van der Waals surface area contributed by atoms with Gasteiger partial charge in [0.1, 0.15) is 12.4 Å². The number of amides is 3. The standard InChI is InChI=1S/C24H27N5O4/c1-27-22-21(23(31)26-24(27)32)29(16-20(30)33-2)19(25-22)15-28(13-17-9-5-3-6-10-17)14-18-11-7-4-8-12-18/h3-12,21-22H,13-16H2,1-2H3,(H,26,31,32). The van der Waals surface area contributed by atoms with Crippen LogP contribution < -0.4 is 5.32 Å². The van der Waals surface area contributed by atoms with Crippen LogP contribution in [0.2, 0.25) is 0 Å². The quantitative estimate of drug-likeness (QED) is 0.613. The Labute approximate surface area is 192 Å². The molecule has 2 aliphatic heterocycles. The van der Waals surface area contributed by atoms with Crippen LogP contribution in [0, 0.1) is 0 Å². The highest BCUT2D eigenvalue weighted by atomic mass is 16.5. The number of fused-ring (bicyclic) bond motifs is 1. The first-order valence-corrected chi connectivity index (χ1v) is 10.7. The lowest BCUT2D eigenvalue weighted by Gasteiger charge is -2.36. The summed E-state index contributed by atoms with van der Waals surface area (Å²) in [6.07, 6.45) is -0.693. The zero-order valence-corrected chi connectivity index (χ0v) is 18.7. The van der Waals surface area contributed by atoms with Crippen molar-refractivity contribution in [1.29, 1.82) is 0 Å². The Kier molecular flexibility index (Phi) is 6.69. The smallest absolute Gasteiger partial charge is 0.325 e. The summed E-state index contributed by atoms with van der Waals surface area (Å²) in [4.78, 5) is 47.0. The van der Waals surface area contributed by atoms with Crippen LogP contribution in [0.4, 0.5) is 4.79 Å². The number of carbonyl (C=O) groups is 3. The van der Waals surface area contributed by atoms with E-state index in [-0.39, 0.29) is 6.54 Å². The van der Waals surface area contributed by atoms with Crippen LogP contribution in [0.15, 0.2) is 65.7 Å². The number of nitrogens with zero attached hydrogens (tertiary/aromatic N) is 4. The van der Waals surface area contributed by atoms with Crippen molar-refractivity contribution in [3.63, 3.8) is 0 Å². The number of hydrogen-bond acceptors (Lipinski definition) is 7. The predicted octanol–water partition coefficient (Wildman–Crippen LogP) is 1.45. The van der Waals surface area contributed by atoms with Crippen LogP contribution in [0.5, 0.6) is 0 Å². The zero-order valence-electron chi connectivity index (χ0n) is 18.7. The molecule has 1 fully saturated rings. The lowest BCUT2D eigenvalue weighted by molar-refractivity contribution is -0.142. The molecule has 2 heterocycles. The third-order valence-electron chi connectivity index (χ3n) is 5.84. The molecule has 0 saturated carbocycles. The number of imide groups is 1. The van der Waals surface area contributed by atoms with Gasteiger partial charge in [-0.25, -0.2) is 9.79 Å². The highest BCUT2D eigenvalue weighted by Gasteiger charge is 2.49. The van der Waals surface area contributed by atoms with E-state index >= 15 is 0 Å². The fourth-order valence-corrected chi connectivity index (χ4v) is 4.16. The SMILES string of the molecule is COC(=O)CN1C(CN(Cc2ccccc2)Cc2ccccc2)=NC2C1C(=O)NC(=O)N2C. The molecule has 0 radical (unpaired) electrons. The van der Waals surface area contributed by atoms with Crippen LogP contribution in [-0.4, -0.2) is 77.9 Å². The van der Waals surface area contributed by atoms with Crippen molar-refractivity contribution >= 4 is 23.7 Å². The molecule has 9 nitrogen and oxygen atoms in total. The molecule has 1 saturated heterocycles. The molecule has 1 N–H and O–H groups in total. The van der Waals surface area contributed by atoms with E-state index in [2.05, 4.69) is 34.5 Å². The molecule has 172 valence electrons. The van der Waals surface area contributed by atoms with Gasteiger partial charge in [-0.3, -0.25) is 19.8 Å². The van der Waals surface area contributed by atoms with Crippen molar-refractivity contribution in [1.82, 2.24) is 20.0 Å². The van der Waals surface area contributed by atoms with Crippen molar-refractivity contribution in [2.24, 2.45) is 4.99 Å². The Morgan fingerprint density at radius 1 is 1.00 bits per heavy atom. The molecule has 2 aromatic rings. The Morgan fingerprint density at radius 2 is 1.58 bits per heavy atom. The monoisotopic (exact) mass is 449 g/mol. The number of urea groups is 1. The van der Waals surface area contributed by atoms with E-state index in [4.69, 9.17) is 9.73 Å². The second-order valence-corrected chi connectivity index (χ2v) is 8.13. The lowest BCUT2D eigenvalue weighted by atomic mass is 10.1. The molecule has 0 spiro atoms. The minimum absolute atomic E-state index is 0.129. The predicted molar refractivity (Wildman–Crippen MR) is 122 cm³/mol. The van der Waals surface area contributed by atoms with Crippen LogP contribution >= 0.6 is 0 Å². The van der Waals surface area contributed by atoms with Crippen molar-refractivity contribution in [3.8, 4) is 0 Å². The summed E-state index contributed by atoms with van der Waals surface area (Å²) < 4.78 is 4.86. The first-order chi connectivity index (χ1) is 16.0. The van der Waals surface area contributed by atoms with Crippen molar-refractivity contribution in [3.05, 3.63) is 71.8 Å². The van der Waals surface area contributed by atoms with Gasteiger partial charge in [0.05, 0.1) is 13.7 Å². The second kappa shape index (κ2) is 9.83. The van der Waals surface area contributed by atoms with E-state index in [0.29, 0.717) is 25.5 Å². The molecule has 2 aromatic carbocycles. The van der Waals surface area contributed by atoms with Gasteiger partial charge in [0.15, 0.2) is 12.2 Å². The van der Waals surface area contributed by atoms with Crippen molar-refractivity contribution in [2.45, 2.75) is 25.3 Å². The lowest BCUT2D eigenvalue weighted by Crippen LogP contribution is -2.64. The van der Waals surface area contributed by atoms with E-state index in [9.17, 15) is 14.4 Å². The number of aliphatic imine (C=N–C) groups is 1. The maximum absolute atomic E-state index is 12.7. The average Bonchev–Trinajstić information content (AvgIpc) is 3.17. The van der Waals surface area contributed by atoms with Gasteiger partial charge >= 0.3 is 12.0 Å². The number of amidine groups is 1. The Morgan fingerprint density at radius 3 is 2.12 bits per heavy atom. The summed E-state index contributed by atoms with van der Waals surface area (Å²) in [5.74, 6) is -0.379. The third-order valence-corrected chi connectivity index (χ3v) is 5.84. The van der Waals surface area contributed by atoms with Gasteiger partial charge in [-0.15, -0.1) is 0 Å². The number of carbonyl (C=O) groups excluding carboxylic acids is 3. The minimum atomic E-state index is -0.780. The number of rotatable bonds is 8. The van der Waals surface area contributed by atoms with Crippen LogP contribution in [0.3, 0.4) is 0 Å². The van der Waals surface area contributed by atoms with E-state index in [1.165, 1.54) is 12.0 Å². The summed E-state index contributed by atoms with van der Waals surface area (Å²) >= 11 is 0. The zero-order chi connectivity index (χ0) is 23.4. The minimum Gasteiger partial charge on any atom is -0.468 e. The molecule has 0 bridgehead atoms. The van der Waals surface area contributed by atoms with Crippen molar-refractivity contribution in [2.75, 3.05) is 27.2 Å². The number of benzene rings is 2. The summed E-state index contributed by atoms with van der Waals surface area (Å²) in [6, 6.07) is 18.9. The van der Waals surface area contributed by atoms with E-state index in [1.54, 1.807) is 11.9 Å². The molecule has 0 aromatic heterocycles. The van der Waals surface area contributed by atoms with Crippen molar-refractivity contribution < 1.29 is 19.1 Å². The maximum Gasteiger partial charge on any atom is 0.325 e. The maximum atomic E-state index is 12.7. The first kappa shape index (κ1) is 22.5. The van der Waals surface area contributed by atoms with Gasteiger partial charge in [-0.2, -0.15) is 0 Å². The molecular formula is C24H27N5O4. The largest absolute Gasteiger partial charge is 0.468 e. The molecule has 4 rings (SSSR count). The van der Waals surface area contributed by atoms with Gasteiger partial charge in [0.25, 0.3) is 5.91 Å². The number of methoxy groups -OCH3 is 1. The highest BCUT2D eigenvalue weighted by molar-refractivity contribution is 6.05. The highest BCUT2D eigenvalue weighted by Crippen LogP contribution is 2.25. The normalized spacial score (nSPS) is 19.9. The van der Waals surface area contributed by atoms with E-state index < -0.39 is 30.1 Å².